The van der Waals surface area contributed by atoms with Gasteiger partial charge in [-0.3, -0.25) is 0 Å². The largest absolute Gasteiger partial charge is 0.496 e. The number of anilines is 1. The number of nitrogens with one attached hydrogen (secondary N) is 1. The van der Waals surface area contributed by atoms with Gasteiger partial charge in [0.25, 0.3) is 0 Å². The Bertz CT molecular complexity index is 752. The predicted molar refractivity (Wildman–Crippen MR) is 84.6 cm³/mol. The fourth-order valence-corrected chi connectivity index (χ4v) is 2.55. The molecular formula is C17H18N2O. The number of ether oxygens (including phenoxy) is 1. The van der Waals surface area contributed by atoms with Gasteiger partial charge in [0.2, 0.25) is 0 Å². The molecule has 1 aromatic heterocycles. The van der Waals surface area contributed by atoms with E-state index in [0.29, 0.717) is 0 Å². The summed E-state index contributed by atoms with van der Waals surface area (Å²) < 4.78 is 5.54. The van der Waals surface area contributed by atoms with Gasteiger partial charge >= 0.3 is 0 Å². The maximum Gasteiger partial charge on any atom is 0.133 e. The van der Waals surface area contributed by atoms with Crippen molar-refractivity contribution in [3.8, 4) is 5.75 Å². The Morgan fingerprint density at radius 2 is 1.80 bits per heavy atom. The van der Waals surface area contributed by atoms with Crippen LogP contribution in [0, 0.1) is 0 Å². The average Bonchev–Trinajstić information content (AvgIpc) is 2.52. The van der Waals surface area contributed by atoms with Gasteiger partial charge in [-0.15, -0.1) is 0 Å². The molecule has 0 amide bonds. The molecule has 0 saturated heterocycles. The summed E-state index contributed by atoms with van der Waals surface area (Å²) >= 11 is 0. The Morgan fingerprint density at radius 3 is 2.55 bits per heavy atom. The maximum atomic E-state index is 5.54. The van der Waals surface area contributed by atoms with Crippen LogP contribution in [0.4, 0.5) is 5.82 Å². The van der Waals surface area contributed by atoms with Gasteiger partial charge in [0.1, 0.15) is 11.6 Å². The van der Waals surface area contributed by atoms with Gasteiger partial charge in [-0.05, 0) is 29.3 Å². The highest BCUT2D eigenvalue weighted by molar-refractivity contribution is 6.13. The molecule has 0 radical (unpaired) electrons. The number of hydrogen-bond acceptors (Lipinski definition) is 3. The molecule has 1 heterocycles. The van der Waals surface area contributed by atoms with E-state index in [0.717, 1.165) is 35.3 Å². The number of benzene rings is 2. The first-order valence-corrected chi connectivity index (χ1v) is 6.93. The SMILES string of the molecule is CCCNc1nccc2c1cc(OC)c1ccccc12. The third kappa shape index (κ3) is 2.05. The second-order valence-corrected chi connectivity index (χ2v) is 4.81. The van der Waals surface area contributed by atoms with Gasteiger partial charge in [0.15, 0.2) is 0 Å². The summed E-state index contributed by atoms with van der Waals surface area (Å²) in [5.74, 6) is 1.81. The van der Waals surface area contributed by atoms with E-state index in [9.17, 15) is 0 Å². The van der Waals surface area contributed by atoms with E-state index in [-0.39, 0.29) is 0 Å². The summed E-state index contributed by atoms with van der Waals surface area (Å²) in [7, 11) is 1.71. The summed E-state index contributed by atoms with van der Waals surface area (Å²) in [4.78, 5) is 4.46. The van der Waals surface area contributed by atoms with Gasteiger partial charge in [0, 0.05) is 23.5 Å². The van der Waals surface area contributed by atoms with Crippen molar-refractivity contribution in [1.29, 1.82) is 0 Å². The van der Waals surface area contributed by atoms with Crippen LogP contribution < -0.4 is 10.1 Å². The van der Waals surface area contributed by atoms with E-state index in [1.54, 1.807) is 7.11 Å². The molecule has 1 N–H and O–H groups in total. The lowest BCUT2D eigenvalue weighted by atomic mass is 10.0. The molecule has 0 aliphatic heterocycles. The van der Waals surface area contributed by atoms with Crippen molar-refractivity contribution < 1.29 is 4.74 Å². The summed E-state index contributed by atoms with van der Waals surface area (Å²) in [5, 5.41) is 8.03. The first-order valence-electron chi connectivity index (χ1n) is 6.93. The highest BCUT2D eigenvalue weighted by atomic mass is 16.5. The van der Waals surface area contributed by atoms with Crippen LogP contribution >= 0.6 is 0 Å². The van der Waals surface area contributed by atoms with Crippen molar-refractivity contribution in [2.24, 2.45) is 0 Å². The zero-order valence-corrected chi connectivity index (χ0v) is 11.8. The quantitative estimate of drug-likeness (QED) is 0.718. The molecule has 3 rings (SSSR count). The normalized spacial score (nSPS) is 10.9. The number of methoxy groups -OCH3 is 1. The highest BCUT2D eigenvalue weighted by Gasteiger charge is 2.09. The van der Waals surface area contributed by atoms with Crippen LogP contribution in [0.5, 0.6) is 5.75 Å². The molecule has 0 bridgehead atoms. The van der Waals surface area contributed by atoms with E-state index in [1.165, 1.54) is 10.8 Å². The minimum absolute atomic E-state index is 0.889. The average molecular weight is 266 g/mol. The van der Waals surface area contributed by atoms with Gasteiger partial charge in [0.05, 0.1) is 7.11 Å². The summed E-state index contributed by atoms with van der Waals surface area (Å²) in [6.07, 6.45) is 2.93. The van der Waals surface area contributed by atoms with Crippen LogP contribution in [0.25, 0.3) is 21.5 Å². The number of hydrogen-bond donors (Lipinski definition) is 1. The third-order valence-electron chi connectivity index (χ3n) is 3.51. The van der Waals surface area contributed by atoms with Crippen LogP contribution in [0.2, 0.25) is 0 Å². The smallest absolute Gasteiger partial charge is 0.133 e. The Morgan fingerprint density at radius 1 is 1.05 bits per heavy atom. The molecule has 0 spiro atoms. The standard InChI is InChI=1S/C17H18N2O/c1-3-9-18-17-15-11-16(20-2)14-7-5-4-6-12(14)13(15)8-10-19-17/h4-8,10-11H,3,9H2,1-2H3,(H,18,19). The molecule has 3 aromatic rings. The lowest BCUT2D eigenvalue weighted by Gasteiger charge is -2.12. The molecule has 0 aliphatic rings. The van der Waals surface area contributed by atoms with Crippen LogP contribution in [-0.4, -0.2) is 18.6 Å². The molecule has 0 fully saturated rings. The van der Waals surface area contributed by atoms with Crippen LogP contribution in [0.1, 0.15) is 13.3 Å². The highest BCUT2D eigenvalue weighted by Crippen LogP contribution is 2.35. The molecule has 0 atom stereocenters. The van der Waals surface area contributed by atoms with Crippen molar-refractivity contribution in [2.45, 2.75) is 13.3 Å². The monoisotopic (exact) mass is 266 g/mol. The Kier molecular flexibility index (Phi) is 3.42. The van der Waals surface area contributed by atoms with Crippen molar-refractivity contribution in [3.63, 3.8) is 0 Å². The molecular weight excluding hydrogens is 248 g/mol. The Hall–Kier alpha value is -2.29. The van der Waals surface area contributed by atoms with Gasteiger partial charge in [-0.25, -0.2) is 4.98 Å². The molecule has 0 aliphatic carbocycles. The van der Waals surface area contributed by atoms with E-state index < -0.39 is 0 Å². The Balaban J connectivity index is 2.33. The number of fused-ring (bicyclic) bond motifs is 3. The van der Waals surface area contributed by atoms with Crippen molar-refractivity contribution in [1.82, 2.24) is 4.98 Å². The van der Waals surface area contributed by atoms with E-state index in [2.05, 4.69) is 47.6 Å². The van der Waals surface area contributed by atoms with Crippen molar-refractivity contribution >= 4 is 27.4 Å². The summed E-state index contributed by atoms with van der Waals surface area (Å²) in [6, 6.07) is 12.4. The molecule has 2 aromatic carbocycles. The number of aromatic nitrogens is 1. The fourth-order valence-electron chi connectivity index (χ4n) is 2.55. The molecule has 3 nitrogen and oxygen atoms in total. The minimum Gasteiger partial charge on any atom is -0.496 e. The van der Waals surface area contributed by atoms with Gasteiger partial charge in [-0.2, -0.15) is 0 Å². The van der Waals surface area contributed by atoms with Gasteiger partial charge in [-0.1, -0.05) is 31.2 Å². The first-order chi connectivity index (χ1) is 9.85. The van der Waals surface area contributed by atoms with Gasteiger partial charge < -0.3 is 10.1 Å². The molecule has 0 saturated carbocycles. The molecule has 102 valence electrons. The topological polar surface area (TPSA) is 34.2 Å². The van der Waals surface area contributed by atoms with Crippen molar-refractivity contribution in [2.75, 3.05) is 19.0 Å². The van der Waals surface area contributed by atoms with E-state index in [1.807, 2.05) is 12.3 Å². The zero-order valence-electron chi connectivity index (χ0n) is 11.8. The predicted octanol–water partition coefficient (Wildman–Crippen LogP) is 4.22. The minimum atomic E-state index is 0.889. The molecule has 0 unspecified atom stereocenters. The summed E-state index contributed by atoms with van der Waals surface area (Å²) in [5.41, 5.74) is 0. The number of pyridine rings is 1. The van der Waals surface area contributed by atoms with E-state index in [4.69, 9.17) is 4.74 Å². The second-order valence-electron chi connectivity index (χ2n) is 4.81. The molecule has 3 heteroatoms. The summed E-state index contributed by atoms with van der Waals surface area (Å²) in [6.45, 7) is 3.06. The third-order valence-corrected chi connectivity index (χ3v) is 3.51. The fraction of sp³-hybridized carbons (Fsp3) is 0.235. The van der Waals surface area contributed by atoms with Crippen LogP contribution in [0.3, 0.4) is 0 Å². The maximum absolute atomic E-state index is 5.54. The van der Waals surface area contributed by atoms with E-state index >= 15 is 0 Å². The van der Waals surface area contributed by atoms with Crippen LogP contribution in [-0.2, 0) is 0 Å². The lowest BCUT2D eigenvalue weighted by Crippen LogP contribution is -2.02. The molecule has 20 heavy (non-hydrogen) atoms. The zero-order chi connectivity index (χ0) is 13.9. The lowest BCUT2D eigenvalue weighted by molar-refractivity contribution is 0.420. The Labute approximate surface area is 118 Å². The first kappa shape index (κ1) is 12.7. The van der Waals surface area contributed by atoms with Crippen molar-refractivity contribution in [3.05, 3.63) is 42.6 Å². The number of nitrogens with zero attached hydrogens (tertiary/aromatic N) is 1. The second kappa shape index (κ2) is 5.37. The van der Waals surface area contributed by atoms with Crippen LogP contribution in [0.15, 0.2) is 42.6 Å². The number of rotatable bonds is 4.